The van der Waals surface area contributed by atoms with Crippen LogP contribution in [-0.4, -0.2) is 25.3 Å². The Kier molecular flexibility index (Phi) is 5.30. The predicted octanol–water partition coefficient (Wildman–Crippen LogP) is 3.85. The Hall–Kier alpha value is -0.0800. The van der Waals surface area contributed by atoms with Crippen LogP contribution in [-0.2, 0) is 4.74 Å². The number of ether oxygens (including phenoxy) is 1. The zero-order valence-electron chi connectivity index (χ0n) is 13.5. The molecule has 2 aliphatic carbocycles. The molecule has 0 aromatic rings. The first-order chi connectivity index (χ1) is 9.01. The zero-order chi connectivity index (χ0) is 14.0. The minimum Gasteiger partial charge on any atom is -0.373 e. The van der Waals surface area contributed by atoms with Crippen molar-refractivity contribution >= 4 is 0 Å². The second-order valence-corrected chi connectivity index (χ2v) is 7.44. The molecule has 0 heterocycles. The summed E-state index contributed by atoms with van der Waals surface area (Å²) in [5.41, 5.74) is 0. The molecule has 7 atom stereocenters. The minimum absolute atomic E-state index is 0.423. The van der Waals surface area contributed by atoms with Crippen molar-refractivity contribution in [3.05, 3.63) is 0 Å². The summed E-state index contributed by atoms with van der Waals surface area (Å²) in [7, 11) is 2.09. The van der Waals surface area contributed by atoms with Gasteiger partial charge < -0.3 is 10.1 Å². The third-order valence-corrected chi connectivity index (χ3v) is 5.66. The van der Waals surface area contributed by atoms with Crippen LogP contribution in [0.4, 0.5) is 0 Å². The van der Waals surface area contributed by atoms with Gasteiger partial charge in [-0.15, -0.1) is 0 Å². The molecular weight excluding hydrogens is 234 g/mol. The van der Waals surface area contributed by atoms with Crippen LogP contribution in [0.5, 0.6) is 0 Å². The molecule has 0 spiro atoms. The molecule has 0 saturated heterocycles. The van der Waals surface area contributed by atoms with Gasteiger partial charge in [0.15, 0.2) is 0 Å². The molecule has 2 nitrogen and oxygen atoms in total. The Morgan fingerprint density at radius 2 is 1.58 bits per heavy atom. The maximum Gasteiger partial charge on any atom is 0.0757 e. The summed E-state index contributed by atoms with van der Waals surface area (Å²) < 4.78 is 6.55. The normalized spacial score (nSPS) is 48.2. The van der Waals surface area contributed by atoms with Crippen LogP contribution in [0.3, 0.4) is 0 Å². The molecule has 1 N–H and O–H groups in total. The van der Waals surface area contributed by atoms with Gasteiger partial charge >= 0.3 is 0 Å². The summed E-state index contributed by atoms with van der Waals surface area (Å²) in [6, 6.07) is 0.549. The molecule has 0 aliphatic heterocycles. The highest BCUT2D eigenvalue weighted by Crippen LogP contribution is 2.36. The fourth-order valence-electron chi connectivity index (χ4n) is 4.18. The fraction of sp³-hybridized carbons (Fsp3) is 1.00. The molecule has 0 bridgehead atoms. The van der Waals surface area contributed by atoms with Gasteiger partial charge in [0.1, 0.15) is 0 Å². The lowest BCUT2D eigenvalue weighted by Gasteiger charge is -2.43. The fourth-order valence-corrected chi connectivity index (χ4v) is 4.18. The number of nitrogens with one attached hydrogen (secondary N) is 1. The average Bonchev–Trinajstić information content (AvgIpc) is 2.36. The van der Waals surface area contributed by atoms with E-state index in [-0.39, 0.29) is 0 Å². The Balaban J connectivity index is 1.93. The van der Waals surface area contributed by atoms with Gasteiger partial charge in [-0.3, -0.25) is 0 Å². The number of likely N-dealkylation sites (N-methyl/N-ethyl adjacent to an activating group) is 1. The standard InChI is InChI=1S/C17H33NO/c1-11-8-14(4)17(16(9-11)18-5)19-15-7-6-12(2)13(3)10-15/h11-18H,6-10H2,1-5H3. The van der Waals surface area contributed by atoms with Crippen molar-refractivity contribution in [3.63, 3.8) is 0 Å². The summed E-state index contributed by atoms with van der Waals surface area (Å²) in [6.07, 6.45) is 7.38. The van der Waals surface area contributed by atoms with Crippen LogP contribution in [0.25, 0.3) is 0 Å². The van der Waals surface area contributed by atoms with Gasteiger partial charge in [0.05, 0.1) is 12.2 Å². The van der Waals surface area contributed by atoms with Gasteiger partial charge in [-0.05, 0) is 62.8 Å². The Bertz CT molecular complexity index is 280. The summed E-state index contributed by atoms with van der Waals surface area (Å²) in [5, 5.41) is 3.50. The van der Waals surface area contributed by atoms with Crippen LogP contribution in [0, 0.1) is 23.7 Å². The molecular formula is C17H33NO. The van der Waals surface area contributed by atoms with Crippen molar-refractivity contribution in [2.75, 3.05) is 7.05 Å². The topological polar surface area (TPSA) is 21.3 Å². The van der Waals surface area contributed by atoms with Gasteiger partial charge in [-0.2, -0.15) is 0 Å². The lowest BCUT2D eigenvalue weighted by molar-refractivity contribution is -0.0994. The molecule has 19 heavy (non-hydrogen) atoms. The highest BCUT2D eigenvalue weighted by Gasteiger charge is 2.36. The van der Waals surface area contributed by atoms with E-state index in [0.29, 0.717) is 24.2 Å². The number of hydrogen-bond donors (Lipinski definition) is 1. The first kappa shape index (κ1) is 15.3. The predicted molar refractivity (Wildman–Crippen MR) is 81.2 cm³/mol. The van der Waals surface area contributed by atoms with Crippen molar-refractivity contribution in [3.8, 4) is 0 Å². The first-order valence-electron chi connectivity index (χ1n) is 8.34. The SMILES string of the molecule is CNC1CC(C)CC(C)C1OC1CCC(C)C(C)C1. The molecule has 0 aromatic heterocycles. The number of rotatable bonds is 3. The third-order valence-electron chi connectivity index (χ3n) is 5.66. The Morgan fingerprint density at radius 1 is 0.842 bits per heavy atom. The molecule has 2 saturated carbocycles. The van der Waals surface area contributed by atoms with E-state index in [4.69, 9.17) is 4.74 Å². The molecule has 2 rings (SSSR count). The maximum absolute atomic E-state index is 6.55. The van der Waals surface area contributed by atoms with Crippen molar-refractivity contribution < 1.29 is 4.74 Å². The summed E-state index contributed by atoms with van der Waals surface area (Å²) in [4.78, 5) is 0. The van der Waals surface area contributed by atoms with Gasteiger partial charge in [0.25, 0.3) is 0 Å². The first-order valence-corrected chi connectivity index (χ1v) is 8.34. The Labute approximate surface area is 119 Å². The van der Waals surface area contributed by atoms with Gasteiger partial charge in [-0.1, -0.05) is 27.7 Å². The summed E-state index contributed by atoms with van der Waals surface area (Å²) >= 11 is 0. The molecule has 0 aromatic carbocycles. The molecule has 0 radical (unpaired) electrons. The van der Waals surface area contributed by atoms with Gasteiger partial charge in [0, 0.05) is 6.04 Å². The molecule has 0 amide bonds. The summed E-state index contributed by atoms with van der Waals surface area (Å²) in [5.74, 6) is 3.22. The Morgan fingerprint density at radius 3 is 2.21 bits per heavy atom. The second kappa shape index (κ2) is 6.58. The van der Waals surface area contributed by atoms with E-state index in [1.165, 1.54) is 32.1 Å². The number of hydrogen-bond acceptors (Lipinski definition) is 2. The van der Waals surface area contributed by atoms with Crippen LogP contribution < -0.4 is 5.32 Å². The maximum atomic E-state index is 6.55. The third kappa shape index (κ3) is 3.72. The van der Waals surface area contributed by atoms with E-state index < -0.39 is 0 Å². The smallest absolute Gasteiger partial charge is 0.0757 e. The minimum atomic E-state index is 0.423. The van der Waals surface area contributed by atoms with Crippen LogP contribution in [0.2, 0.25) is 0 Å². The second-order valence-electron chi connectivity index (χ2n) is 7.44. The molecule has 7 unspecified atom stereocenters. The van der Waals surface area contributed by atoms with Crippen molar-refractivity contribution in [2.24, 2.45) is 23.7 Å². The van der Waals surface area contributed by atoms with Crippen LogP contribution >= 0.6 is 0 Å². The van der Waals surface area contributed by atoms with E-state index in [1.54, 1.807) is 0 Å². The summed E-state index contributed by atoms with van der Waals surface area (Å²) in [6.45, 7) is 9.53. The lowest BCUT2D eigenvalue weighted by atomic mass is 9.77. The lowest BCUT2D eigenvalue weighted by Crippen LogP contribution is -2.50. The van der Waals surface area contributed by atoms with E-state index in [0.717, 1.165) is 17.8 Å². The molecule has 2 heteroatoms. The van der Waals surface area contributed by atoms with Crippen molar-refractivity contribution in [1.82, 2.24) is 5.32 Å². The van der Waals surface area contributed by atoms with Gasteiger partial charge in [0.2, 0.25) is 0 Å². The van der Waals surface area contributed by atoms with E-state index in [1.807, 2.05) is 0 Å². The van der Waals surface area contributed by atoms with Crippen LogP contribution in [0.1, 0.15) is 59.8 Å². The quantitative estimate of drug-likeness (QED) is 0.838. The largest absolute Gasteiger partial charge is 0.373 e. The van der Waals surface area contributed by atoms with Crippen LogP contribution in [0.15, 0.2) is 0 Å². The van der Waals surface area contributed by atoms with Gasteiger partial charge in [-0.25, -0.2) is 0 Å². The average molecular weight is 267 g/mol. The molecule has 112 valence electrons. The van der Waals surface area contributed by atoms with Crippen molar-refractivity contribution in [1.29, 1.82) is 0 Å². The van der Waals surface area contributed by atoms with Crippen molar-refractivity contribution in [2.45, 2.75) is 78.0 Å². The van der Waals surface area contributed by atoms with E-state index >= 15 is 0 Å². The van der Waals surface area contributed by atoms with E-state index in [9.17, 15) is 0 Å². The molecule has 2 aliphatic rings. The zero-order valence-corrected chi connectivity index (χ0v) is 13.5. The molecule has 2 fully saturated rings. The van der Waals surface area contributed by atoms with E-state index in [2.05, 4.69) is 40.1 Å². The highest BCUT2D eigenvalue weighted by molar-refractivity contribution is 4.89. The highest BCUT2D eigenvalue weighted by atomic mass is 16.5. The monoisotopic (exact) mass is 267 g/mol.